The molecular weight excluding hydrogens is 420 g/mol. The molecule has 0 spiro atoms. The standard InChI is InChI=1S/C26H30N2O5/c1-16-12-19-13-17(2-4-22(19)26(31)33-16)6-9-28-10-7-21(8-11-28)27-24(29)18-3-5-23-20(14-18)15-32-25(23)30/h2-5,13-14,16,21,25,30H,6-12,15H2,1H3,(H,27,29)/t16-,25?/m0/s1. The minimum atomic E-state index is -0.886. The third-order valence-electron chi connectivity index (χ3n) is 6.91. The minimum Gasteiger partial charge on any atom is -0.459 e. The lowest BCUT2D eigenvalue weighted by Gasteiger charge is -2.32. The van der Waals surface area contributed by atoms with Crippen LogP contribution in [0.25, 0.3) is 0 Å². The number of ether oxygens (including phenoxy) is 2. The number of benzene rings is 2. The van der Waals surface area contributed by atoms with Gasteiger partial charge in [0.1, 0.15) is 6.10 Å². The van der Waals surface area contributed by atoms with Crippen LogP contribution in [-0.2, 0) is 28.9 Å². The first-order chi connectivity index (χ1) is 16.0. The number of rotatable bonds is 5. The third-order valence-corrected chi connectivity index (χ3v) is 6.91. The Bertz CT molecular complexity index is 1060. The molecule has 3 aliphatic rings. The molecule has 0 saturated carbocycles. The van der Waals surface area contributed by atoms with Crippen LogP contribution in [-0.4, -0.2) is 53.7 Å². The van der Waals surface area contributed by atoms with Crippen molar-refractivity contribution >= 4 is 11.9 Å². The summed E-state index contributed by atoms with van der Waals surface area (Å²) in [5.41, 5.74) is 5.26. The number of esters is 1. The second-order valence-electron chi connectivity index (χ2n) is 9.33. The molecule has 1 saturated heterocycles. The van der Waals surface area contributed by atoms with E-state index in [0.29, 0.717) is 17.7 Å². The SMILES string of the molecule is C[C@H]1Cc2cc(CCN3CCC(NC(=O)c4ccc5c(c4)COC5O)CC3)ccc2C(=O)O1. The van der Waals surface area contributed by atoms with Crippen molar-refractivity contribution in [2.24, 2.45) is 0 Å². The van der Waals surface area contributed by atoms with Crippen LogP contribution in [0.3, 0.4) is 0 Å². The molecule has 3 aliphatic heterocycles. The number of fused-ring (bicyclic) bond motifs is 2. The van der Waals surface area contributed by atoms with Gasteiger partial charge in [-0.05, 0) is 61.1 Å². The van der Waals surface area contributed by atoms with Crippen LogP contribution < -0.4 is 5.32 Å². The Morgan fingerprint density at radius 3 is 2.79 bits per heavy atom. The molecule has 2 aromatic carbocycles. The molecule has 33 heavy (non-hydrogen) atoms. The van der Waals surface area contributed by atoms with E-state index in [-0.39, 0.29) is 24.0 Å². The molecule has 174 valence electrons. The predicted octanol–water partition coefficient (Wildman–Crippen LogP) is 2.75. The molecule has 1 fully saturated rings. The fraction of sp³-hybridized carbons (Fsp3) is 0.462. The average molecular weight is 451 g/mol. The molecule has 3 heterocycles. The van der Waals surface area contributed by atoms with E-state index in [1.807, 2.05) is 25.1 Å². The highest BCUT2D eigenvalue weighted by Gasteiger charge is 2.25. The van der Waals surface area contributed by atoms with Crippen molar-refractivity contribution in [1.82, 2.24) is 10.2 Å². The Balaban J connectivity index is 1.10. The summed E-state index contributed by atoms with van der Waals surface area (Å²) < 4.78 is 10.5. The number of carbonyl (C=O) groups excluding carboxylic acids is 2. The van der Waals surface area contributed by atoms with Crippen molar-refractivity contribution < 1.29 is 24.2 Å². The van der Waals surface area contributed by atoms with E-state index in [4.69, 9.17) is 9.47 Å². The molecule has 0 radical (unpaired) electrons. The number of hydrogen-bond acceptors (Lipinski definition) is 6. The zero-order valence-electron chi connectivity index (χ0n) is 18.9. The molecule has 7 nitrogen and oxygen atoms in total. The Morgan fingerprint density at radius 1 is 1.15 bits per heavy atom. The van der Waals surface area contributed by atoms with Crippen molar-refractivity contribution in [2.45, 2.75) is 57.6 Å². The molecule has 2 atom stereocenters. The van der Waals surface area contributed by atoms with Crippen LogP contribution in [0.4, 0.5) is 0 Å². The maximum atomic E-state index is 12.7. The lowest BCUT2D eigenvalue weighted by atomic mass is 9.95. The van der Waals surface area contributed by atoms with E-state index < -0.39 is 6.29 Å². The highest BCUT2D eigenvalue weighted by molar-refractivity contribution is 5.94. The second-order valence-corrected chi connectivity index (χ2v) is 9.33. The summed E-state index contributed by atoms with van der Waals surface area (Å²) in [5, 5.41) is 12.9. The lowest BCUT2D eigenvalue weighted by Crippen LogP contribution is -2.45. The van der Waals surface area contributed by atoms with E-state index in [2.05, 4.69) is 16.3 Å². The van der Waals surface area contributed by atoms with Gasteiger partial charge >= 0.3 is 5.97 Å². The van der Waals surface area contributed by atoms with Crippen molar-refractivity contribution in [3.63, 3.8) is 0 Å². The molecule has 1 unspecified atom stereocenters. The van der Waals surface area contributed by atoms with Gasteiger partial charge in [0.15, 0.2) is 6.29 Å². The van der Waals surface area contributed by atoms with E-state index in [0.717, 1.165) is 62.0 Å². The van der Waals surface area contributed by atoms with Gasteiger partial charge in [0.05, 0.1) is 12.2 Å². The number of aliphatic hydroxyl groups is 1. The Morgan fingerprint density at radius 2 is 1.97 bits per heavy atom. The van der Waals surface area contributed by atoms with Crippen LogP contribution in [0.1, 0.15) is 69.0 Å². The van der Waals surface area contributed by atoms with Crippen LogP contribution >= 0.6 is 0 Å². The molecule has 1 amide bonds. The first-order valence-corrected chi connectivity index (χ1v) is 11.7. The van der Waals surface area contributed by atoms with Gasteiger partial charge in [-0.3, -0.25) is 4.79 Å². The third kappa shape index (κ3) is 4.81. The Hall–Kier alpha value is -2.74. The number of likely N-dealkylation sites (tertiary alicyclic amines) is 1. The van der Waals surface area contributed by atoms with Gasteiger partial charge < -0.3 is 24.8 Å². The molecule has 7 heteroatoms. The smallest absolute Gasteiger partial charge is 0.338 e. The molecule has 5 rings (SSSR count). The minimum absolute atomic E-state index is 0.0637. The second kappa shape index (κ2) is 9.25. The molecule has 2 N–H and O–H groups in total. The van der Waals surface area contributed by atoms with Crippen LogP contribution in [0.2, 0.25) is 0 Å². The van der Waals surface area contributed by atoms with Crippen LogP contribution in [0.15, 0.2) is 36.4 Å². The Labute approximate surface area is 193 Å². The molecule has 0 aliphatic carbocycles. The number of nitrogens with zero attached hydrogens (tertiary/aromatic N) is 1. The maximum absolute atomic E-state index is 12.7. The summed E-state index contributed by atoms with van der Waals surface area (Å²) in [6.45, 7) is 5.13. The van der Waals surface area contributed by atoms with Gasteiger partial charge in [-0.1, -0.05) is 18.2 Å². The summed E-state index contributed by atoms with van der Waals surface area (Å²) in [7, 11) is 0. The van der Waals surface area contributed by atoms with Crippen molar-refractivity contribution in [2.75, 3.05) is 19.6 Å². The first-order valence-electron chi connectivity index (χ1n) is 11.7. The van der Waals surface area contributed by atoms with Gasteiger partial charge in [0, 0.05) is 43.2 Å². The predicted molar refractivity (Wildman–Crippen MR) is 122 cm³/mol. The number of nitrogens with one attached hydrogen (secondary N) is 1. The van der Waals surface area contributed by atoms with E-state index in [1.165, 1.54) is 5.56 Å². The van der Waals surface area contributed by atoms with E-state index >= 15 is 0 Å². The largest absolute Gasteiger partial charge is 0.459 e. The topological polar surface area (TPSA) is 88.1 Å². The van der Waals surface area contributed by atoms with E-state index in [1.54, 1.807) is 12.1 Å². The molecule has 0 aromatic heterocycles. The van der Waals surface area contributed by atoms with Gasteiger partial charge in [0.25, 0.3) is 5.91 Å². The van der Waals surface area contributed by atoms with Gasteiger partial charge in [-0.25, -0.2) is 4.79 Å². The first kappa shape index (κ1) is 22.1. The summed E-state index contributed by atoms with van der Waals surface area (Å²) >= 11 is 0. The van der Waals surface area contributed by atoms with E-state index in [9.17, 15) is 14.7 Å². The van der Waals surface area contributed by atoms with Crippen LogP contribution in [0.5, 0.6) is 0 Å². The average Bonchev–Trinajstić information content (AvgIpc) is 3.18. The van der Waals surface area contributed by atoms with Crippen LogP contribution in [0, 0.1) is 0 Å². The van der Waals surface area contributed by atoms with Gasteiger partial charge in [-0.15, -0.1) is 0 Å². The normalized spacial score (nSPS) is 23.0. The molecule has 0 bridgehead atoms. The summed E-state index contributed by atoms with van der Waals surface area (Å²) in [6, 6.07) is 11.6. The number of cyclic esters (lactones) is 1. The highest BCUT2D eigenvalue weighted by Crippen LogP contribution is 2.29. The zero-order chi connectivity index (χ0) is 22.9. The van der Waals surface area contributed by atoms with Crippen molar-refractivity contribution in [3.8, 4) is 0 Å². The number of piperidine rings is 1. The van der Waals surface area contributed by atoms with Gasteiger partial charge in [0.2, 0.25) is 0 Å². The van der Waals surface area contributed by atoms with Crippen molar-refractivity contribution in [3.05, 3.63) is 69.8 Å². The quantitative estimate of drug-likeness (QED) is 0.681. The summed E-state index contributed by atoms with van der Waals surface area (Å²) in [4.78, 5) is 27.1. The number of amides is 1. The summed E-state index contributed by atoms with van der Waals surface area (Å²) in [6.07, 6.45) is 2.61. The molecule has 2 aromatic rings. The Kier molecular flexibility index (Phi) is 6.19. The highest BCUT2D eigenvalue weighted by atomic mass is 16.6. The molecular formula is C26H30N2O5. The number of aliphatic hydroxyl groups excluding tert-OH is 1. The fourth-order valence-electron chi connectivity index (χ4n) is 5.00. The van der Waals surface area contributed by atoms with Crippen molar-refractivity contribution in [1.29, 1.82) is 0 Å². The zero-order valence-corrected chi connectivity index (χ0v) is 18.9. The fourth-order valence-corrected chi connectivity index (χ4v) is 5.00. The van der Waals surface area contributed by atoms with Gasteiger partial charge in [-0.2, -0.15) is 0 Å². The summed E-state index contributed by atoms with van der Waals surface area (Å²) in [5.74, 6) is -0.287. The number of carbonyl (C=O) groups is 2. The monoisotopic (exact) mass is 450 g/mol. The lowest BCUT2D eigenvalue weighted by molar-refractivity contribution is -0.0918. The number of hydrogen-bond donors (Lipinski definition) is 2. The maximum Gasteiger partial charge on any atom is 0.338 e.